The first-order chi connectivity index (χ1) is 14.0. The third-order valence-corrected chi connectivity index (χ3v) is 6.80. The number of likely N-dealkylation sites (tertiary alicyclic amines) is 1. The molecule has 1 aliphatic heterocycles. The molecule has 2 aliphatic rings. The number of rotatable bonds is 7. The molecule has 2 fully saturated rings. The molecule has 1 atom stereocenters. The summed E-state index contributed by atoms with van der Waals surface area (Å²) in [6.07, 6.45) is 7.42. The van der Waals surface area contributed by atoms with E-state index in [9.17, 15) is 0 Å². The standard InChI is InChI=1S/C24H41N5/c1-19(2)29-16-12-22(13-17-29)27-23(25-4)26-18-24(14-8-9-15-24)28-20(3)21-10-6-5-7-11-21/h5-7,10-11,19-20,22,28H,8-9,12-18H2,1-4H3,(H2,25,26,27). The Kier molecular flexibility index (Phi) is 7.96. The van der Waals surface area contributed by atoms with Crippen LogP contribution < -0.4 is 16.0 Å². The van der Waals surface area contributed by atoms with Gasteiger partial charge in [-0.25, -0.2) is 0 Å². The third kappa shape index (κ3) is 6.19. The molecule has 0 spiro atoms. The Balaban J connectivity index is 1.52. The Labute approximate surface area is 177 Å². The van der Waals surface area contributed by atoms with Crippen molar-refractivity contribution in [1.29, 1.82) is 0 Å². The summed E-state index contributed by atoms with van der Waals surface area (Å²) in [5, 5.41) is 11.3. The zero-order chi connectivity index (χ0) is 20.7. The lowest BCUT2D eigenvalue weighted by molar-refractivity contribution is 0.167. The molecule has 1 heterocycles. The van der Waals surface area contributed by atoms with E-state index < -0.39 is 0 Å². The lowest BCUT2D eigenvalue weighted by atomic mass is 9.94. The van der Waals surface area contributed by atoms with Gasteiger partial charge >= 0.3 is 0 Å². The first-order valence-corrected chi connectivity index (χ1v) is 11.6. The summed E-state index contributed by atoms with van der Waals surface area (Å²) in [5.41, 5.74) is 1.51. The van der Waals surface area contributed by atoms with Crippen LogP contribution in [0, 0.1) is 0 Å². The fraction of sp³-hybridized carbons (Fsp3) is 0.708. The Morgan fingerprint density at radius 3 is 2.34 bits per heavy atom. The highest BCUT2D eigenvalue weighted by Gasteiger charge is 2.35. The molecular weight excluding hydrogens is 358 g/mol. The summed E-state index contributed by atoms with van der Waals surface area (Å²) in [7, 11) is 1.89. The summed E-state index contributed by atoms with van der Waals surface area (Å²) < 4.78 is 0. The predicted octanol–water partition coefficient (Wildman–Crippen LogP) is 3.69. The van der Waals surface area contributed by atoms with Gasteiger partial charge in [0.25, 0.3) is 0 Å². The van der Waals surface area contributed by atoms with Gasteiger partial charge < -0.3 is 20.9 Å². The molecule has 0 aromatic heterocycles. The molecule has 1 aliphatic carbocycles. The number of hydrogen-bond acceptors (Lipinski definition) is 3. The highest BCUT2D eigenvalue weighted by atomic mass is 15.2. The molecule has 1 aromatic rings. The summed E-state index contributed by atoms with van der Waals surface area (Å²) in [6.45, 7) is 10.1. The van der Waals surface area contributed by atoms with Gasteiger partial charge in [-0.3, -0.25) is 4.99 Å². The van der Waals surface area contributed by atoms with E-state index in [4.69, 9.17) is 0 Å². The van der Waals surface area contributed by atoms with Crippen LogP contribution in [0.4, 0.5) is 0 Å². The van der Waals surface area contributed by atoms with Gasteiger partial charge in [0.2, 0.25) is 0 Å². The van der Waals surface area contributed by atoms with Crippen molar-refractivity contribution in [2.24, 2.45) is 4.99 Å². The Bertz CT molecular complexity index is 628. The maximum atomic E-state index is 4.52. The van der Waals surface area contributed by atoms with Crippen LogP contribution in [0.1, 0.15) is 70.9 Å². The molecule has 1 saturated carbocycles. The van der Waals surface area contributed by atoms with E-state index in [0.29, 0.717) is 18.1 Å². The van der Waals surface area contributed by atoms with Crippen molar-refractivity contribution in [1.82, 2.24) is 20.9 Å². The van der Waals surface area contributed by atoms with Crippen LogP contribution in [-0.2, 0) is 0 Å². The molecule has 5 nitrogen and oxygen atoms in total. The smallest absolute Gasteiger partial charge is 0.191 e. The van der Waals surface area contributed by atoms with Gasteiger partial charge in [-0.05, 0) is 52.0 Å². The van der Waals surface area contributed by atoms with Crippen LogP contribution in [0.3, 0.4) is 0 Å². The minimum atomic E-state index is 0.147. The summed E-state index contributed by atoms with van der Waals surface area (Å²) >= 11 is 0. The third-order valence-electron chi connectivity index (χ3n) is 6.80. The van der Waals surface area contributed by atoms with Crippen LogP contribution in [0.25, 0.3) is 0 Å². The van der Waals surface area contributed by atoms with E-state index in [1.54, 1.807) is 0 Å². The maximum absolute atomic E-state index is 4.52. The summed E-state index contributed by atoms with van der Waals surface area (Å²) in [4.78, 5) is 7.08. The number of nitrogens with zero attached hydrogens (tertiary/aromatic N) is 2. The number of hydrogen-bond donors (Lipinski definition) is 3. The number of benzene rings is 1. The van der Waals surface area contributed by atoms with Crippen LogP contribution in [0.5, 0.6) is 0 Å². The second-order valence-corrected chi connectivity index (χ2v) is 9.24. The molecule has 0 bridgehead atoms. The second-order valence-electron chi connectivity index (χ2n) is 9.24. The van der Waals surface area contributed by atoms with Crippen molar-refractivity contribution in [3.63, 3.8) is 0 Å². The Hall–Kier alpha value is -1.59. The van der Waals surface area contributed by atoms with E-state index in [1.165, 1.54) is 57.2 Å². The lowest BCUT2D eigenvalue weighted by Gasteiger charge is -2.37. The fourth-order valence-electron chi connectivity index (χ4n) is 4.91. The zero-order valence-electron chi connectivity index (χ0n) is 18.9. The number of aliphatic imine (C=N–C) groups is 1. The molecule has 0 amide bonds. The van der Waals surface area contributed by atoms with Gasteiger partial charge in [0.1, 0.15) is 0 Å². The minimum Gasteiger partial charge on any atom is -0.355 e. The topological polar surface area (TPSA) is 51.7 Å². The molecule has 29 heavy (non-hydrogen) atoms. The predicted molar refractivity (Wildman–Crippen MR) is 123 cm³/mol. The minimum absolute atomic E-state index is 0.147. The van der Waals surface area contributed by atoms with Crippen LogP contribution in [-0.4, -0.2) is 55.2 Å². The molecule has 0 radical (unpaired) electrons. The van der Waals surface area contributed by atoms with E-state index in [2.05, 4.69) is 76.9 Å². The van der Waals surface area contributed by atoms with Gasteiger partial charge in [-0.1, -0.05) is 43.2 Å². The highest BCUT2D eigenvalue weighted by Crippen LogP contribution is 2.31. The van der Waals surface area contributed by atoms with Crippen LogP contribution >= 0.6 is 0 Å². The van der Waals surface area contributed by atoms with Gasteiger partial charge in [0.05, 0.1) is 0 Å². The van der Waals surface area contributed by atoms with Crippen molar-refractivity contribution < 1.29 is 0 Å². The number of nitrogens with one attached hydrogen (secondary N) is 3. The van der Waals surface area contributed by atoms with E-state index in [0.717, 1.165) is 12.5 Å². The van der Waals surface area contributed by atoms with Gasteiger partial charge in [0.15, 0.2) is 5.96 Å². The Morgan fingerprint density at radius 1 is 1.10 bits per heavy atom. The largest absolute Gasteiger partial charge is 0.355 e. The molecule has 5 heteroatoms. The maximum Gasteiger partial charge on any atom is 0.191 e. The van der Waals surface area contributed by atoms with Crippen LogP contribution in [0.15, 0.2) is 35.3 Å². The van der Waals surface area contributed by atoms with E-state index >= 15 is 0 Å². The van der Waals surface area contributed by atoms with Crippen molar-refractivity contribution >= 4 is 5.96 Å². The SMILES string of the molecule is CN=C(NCC1(NC(C)c2ccccc2)CCCC1)NC1CCN(C(C)C)CC1. The number of guanidine groups is 1. The zero-order valence-corrected chi connectivity index (χ0v) is 18.9. The van der Waals surface area contributed by atoms with Crippen molar-refractivity contribution in [2.45, 2.75) is 83.0 Å². The quantitative estimate of drug-likeness (QED) is 0.483. The van der Waals surface area contributed by atoms with Crippen molar-refractivity contribution in [3.05, 3.63) is 35.9 Å². The molecule has 162 valence electrons. The second kappa shape index (κ2) is 10.4. The summed E-state index contributed by atoms with van der Waals surface area (Å²) in [5.74, 6) is 0.952. The monoisotopic (exact) mass is 399 g/mol. The fourth-order valence-corrected chi connectivity index (χ4v) is 4.91. The van der Waals surface area contributed by atoms with Crippen molar-refractivity contribution in [2.75, 3.05) is 26.7 Å². The normalized spacial score (nSPS) is 22.0. The van der Waals surface area contributed by atoms with Gasteiger partial charge in [-0.2, -0.15) is 0 Å². The highest BCUT2D eigenvalue weighted by molar-refractivity contribution is 5.80. The molecular formula is C24H41N5. The first kappa shape index (κ1) is 22.1. The van der Waals surface area contributed by atoms with Crippen LogP contribution in [0.2, 0.25) is 0 Å². The molecule has 1 saturated heterocycles. The van der Waals surface area contributed by atoms with Crippen molar-refractivity contribution in [3.8, 4) is 0 Å². The Morgan fingerprint density at radius 2 is 1.76 bits per heavy atom. The average Bonchev–Trinajstić information content (AvgIpc) is 3.20. The first-order valence-electron chi connectivity index (χ1n) is 11.6. The summed E-state index contributed by atoms with van der Waals surface area (Å²) in [6, 6.07) is 12.3. The van der Waals surface area contributed by atoms with Gasteiger partial charge in [-0.15, -0.1) is 0 Å². The van der Waals surface area contributed by atoms with E-state index in [1.807, 2.05) is 7.05 Å². The van der Waals surface area contributed by atoms with Gasteiger partial charge in [0, 0.05) is 50.3 Å². The lowest BCUT2D eigenvalue weighted by Crippen LogP contribution is -2.56. The molecule has 3 N–H and O–H groups in total. The molecule has 1 unspecified atom stereocenters. The molecule has 1 aromatic carbocycles. The molecule has 3 rings (SSSR count). The number of piperidine rings is 1. The van der Waals surface area contributed by atoms with E-state index in [-0.39, 0.29) is 5.54 Å². The average molecular weight is 400 g/mol.